The van der Waals surface area contributed by atoms with Crippen LogP contribution in [-0.4, -0.2) is 22.9 Å². The monoisotopic (exact) mass is 277 g/mol. The van der Waals surface area contributed by atoms with Crippen LogP contribution in [0.15, 0.2) is 24.3 Å². The van der Waals surface area contributed by atoms with Crippen LogP contribution in [-0.2, 0) is 11.3 Å². The minimum atomic E-state index is -0.568. The third-order valence-electron chi connectivity index (χ3n) is 3.75. The highest BCUT2D eigenvalue weighted by Gasteiger charge is 2.34. The van der Waals surface area contributed by atoms with E-state index in [9.17, 15) is 14.9 Å². The molecule has 6 heteroatoms. The van der Waals surface area contributed by atoms with E-state index >= 15 is 0 Å². The number of amides is 1. The maximum Gasteiger partial charge on any atom is 0.274 e. The summed E-state index contributed by atoms with van der Waals surface area (Å²) in [5.41, 5.74) is -0.0123. The van der Waals surface area contributed by atoms with Gasteiger partial charge in [-0.25, -0.2) is 0 Å². The fourth-order valence-electron chi connectivity index (χ4n) is 2.46. The molecule has 1 fully saturated rings. The van der Waals surface area contributed by atoms with Gasteiger partial charge in [0.1, 0.15) is 0 Å². The number of hydrogen-bond donors (Lipinski definition) is 2. The Morgan fingerprint density at radius 1 is 1.45 bits per heavy atom. The van der Waals surface area contributed by atoms with Gasteiger partial charge in [-0.15, -0.1) is 0 Å². The molecule has 0 spiro atoms. The summed E-state index contributed by atoms with van der Waals surface area (Å²) in [6.45, 7) is 2.88. The van der Waals surface area contributed by atoms with E-state index in [4.69, 9.17) is 0 Å². The first-order valence-electron chi connectivity index (χ1n) is 6.78. The van der Waals surface area contributed by atoms with E-state index in [0.717, 1.165) is 25.8 Å². The topological polar surface area (TPSA) is 84.3 Å². The number of nitrogens with zero attached hydrogens (tertiary/aromatic N) is 1. The average molecular weight is 277 g/mol. The number of nitrogens with one attached hydrogen (secondary N) is 2. The minimum Gasteiger partial charge on any atom is -0.350 e. The van der Waals surface area contributed by atoms with Crippen molar-refractivity contribution < 1.29 is 9.72 Å². The summed E-state index contributed by atoms with van der Waals surface area (Å²) in [6, 6.07) is 6.46. The number of nitro benzene ring substituents is 1. The second-order valence-corrected chi connectivity index (χ2v) is 5.28. The molecule has 1 aromatic carbocycles. The molecule has 1 saturated heterocycles. The molecule has 1 aromatic rings. The summed E-state index contributed by atoms with van der Waals surface area (Å²) >= 11 is 0. The number of carbonyl (C=O) groups is 1. The first-order valence-corrected chi connectivity index (χ1v) is 6.78. The molecule has 0 radical (unpaired) electrons. The van der Waals surface area contributed by atoms with Gasteiger partial charge < -0.3 is 10.6 Å². The highest BCUT2D eigenvalue weighted by molar-refractivity contribution is 5.86. The van der Waals surface area contributed by atoms with E-state index in [1.165, 1.54) is 6.07 Å². The number of rotatable bonds is 4. The van der Waals surface area contributed by atoms with Crippen LogP contribution in [0.25, 0.3) is 0 Å². The van der Waals surface area contributed by atoms with E-state index in [1.807, 2.05) is 6.92 Å². The third kappa shape index (κ3) is 3.14. The number of hydrogen-bond acceptors (Lipinski definition) is 4. The maximum absolute atomic E-state index is 12.2. The van der Waals surface area contributed by atoms with Gasteiger partial charge in [-0.3, -0.25) is 14.9 Å². The van der Waals surface area contributed by atoms with E-state index in [2.05, 4.69) is 10.6 Å². The SMILES string of the molecule is CC1(C(=O)NCc2ccccc2[N+](=O)[O-])CCCCN1. The second kappa shape index (κ2) is 6.00. The van der Waals surface area contributed by atoms with E-state index in [1.54, 1.807) is 18.2 Å². The van der Waals surface area contributed by atoms with Gasteiger partial charge in [-0.05, 0) is 32.7 Å². The van der Waals surface area contributed by atoms with Crippen molar-refractivity contribution in [2.45, 2.75) is 38.3 Å². The van der Waals surface area contributed by atoms with Gasteiger partial charge in [-0.2, -0.15) is 0 Å². The van der Waals surface area contributed by atoms with Crippen molar-refractivity contribution >= 4 is 11.6 Å². The summed E-state index contributed by atoms with van der Waals surface area (Å²) in [5.74, 6) is -0.102. The number of nitro groups is 1. The van der Waals surface area contributed by atoms with Crippen molar-refractivity contribution in [1.29, 1.82) is 0 Å². The Kier molecular flexibility index (Phi) is 4.34. The summed E-state index contributed by atoms with van der Waals surface area (Å²) in [7, 11) is 0. The lowest BCUT2D eigenvalue weighted by Crippen LogP contribution is -2.56. The van der Waals surface area contributed by atoms with Crippen molar-refractivity contribution in [3.8, 4) is 0 Å². The van der Waals surface area contributed by atoms with Crippen LogP contribution in [0.1, 0.15) is 31.7 Å². The Balaban J connectivity index is 2.02. The quantitative estimate of drug-likeness (QED) is 0.648. The molecule has 1 aliphatic heterocycles. The van der Waals surface area contributed by atoms with Crippen molar-refractivity contribution in [3.63, 3.8) is 0 Å². The molecule has 0 bridgehead atoms. The lowest BCUT2D eigenvalue weighted by Gasteiger charge is -2.33. The van der Waals surface area contributed by atoms with Crippen LogP contribution in [0, 0.1) is 10.1 Å². The van der Waals surface area contributed by atoms with E-state index < -0.39 is 10.5 Å². The average Bonchev–Trinajstić information content (AvgIpc) is 2.45. The van der Waals surface area contributed by atoms with Crippen LogP contribution < -0.4 is 10.6 Å². The van der Waals surface area contributed by atoms with Gasteiger partial charge in [0.25, 0.3) is 5.69 Å². The summed E-state index contributed by atoms with van der Waals surface area (Å²) in [6.07, 6.45) is 2.88. The zero-order valence-corrected chi connectivity index (χ0v) is 11.5. The van der Waals surface area contributed by atoms with E-state index in [0.29, 0.717) is 5.56 Å². The maximum atomic E-state index is 12.2. The minimum absolute atomic E-state index is 0.0366. The molecule has 1 heterocycles. The highest BCUT2D eigenvalue weighted by atomic mass is 16.6. The molecule has 1 atom stereocenters. The third-order valence-corrected chi connectivity index (χ3v) is 3.75. The Bertz CT molecular complexity index is 510. The first kappa shape index (κ1) is 14.5. The molecule has 108 valence electrons. The van der Waals surface area contributed by atoms with Gasteiger partial charge in [0.05, 0.1) is 10.5 Å². The van der Waals surface area contributed by atoms with Crippen LogP contribution >= 0.6 is 0 Å². The van der Waals surface area contributed by atoms with Crippen LogP contribution in [0.2, 0.25) is 0 Å². The van der Waals surface area contributed by atoms with Gasteiger partial charge in [0.2, 0.25) is 5.91 Å². The summed E-state index contributed by atoms with van der Waals surface area (Å²) < 4.78 is 0. The number of para-hydroxylation sites is 1. The van der Waals surface area contributed by atoms with Gasteiger partial charge >= 0.3 is 0 Å². The molecule has 20 heavy (non-hydrogen) atoms. The molecular formula is C14H19N3O3. The number of piperidine rings is 1. The highest BCUT2D eigenvalue weighted by Crippen LogP contribution is 2.20. The van der Waals surface area contributed by atoms with Gasteiger partial charge in [0.15, 0.2) is 0 Å². The zero-order chi connectivity index (χ0) is 14.6. The Morgan fingerprint density at radius 2 is 2.20 bits per heavy atom. The first-order chi connectivity index (χ1) is 9.53. The molecular weight excluding hydrogens is 258 g/mol. The molecule has 6 nitrogen and oxygen atoms in total. The van der Waals surface area contributed by atoms with Crippen molar-refractivity contribution in [2.75, 3.05) is 6.54 Å². The van der Waals surface area contributed by atoms with Crippen LogP contribution in [0.5, 0.6) is 0 Å². The van der Waals surface area contributed by atoms with Crippen LogP contribution in [0.4, 0.5) is 5.69 Å². The molecule has 0 aliphatic carbocycles. The summed E-state index contributed by atoms with van der Waals surface area (Å²) in [4.78, 5) is 22.7. The molecule has 2 N–H and O–H groups in total. The van der Waals surface area contributed by atoms with E-state index in [-0.39, 0.29) is 18.1 Å². The molecule has 0 aromatic heterocycles. The van der Waals surface area contributed by atoms with Crippen molar-refractivity contribution in [1.82, 2.24) is 10.6 Å². The van der Waals surface area contributed by atoms with Gasteiger partial charge in [-0.1, -0.05) is 18.2 Å². The Hall–Kier alpha value is -1.95. The number of benzene rings is 1. The smallest absolute Gasteiger partial charge is 0.274 e. The molecule has 2 rings (SSSR count). The predicted molar refractivity (Wildman–Crippen MR) is 75.2 cm³/mol. The lowest BCUT2D eigenvalue weighted by molar-refractivity contribution is -0.385. The second-order valence-electron chi connectivity index (χ2n) is 5.28. The van der Waals surface area contributed by atoms with Crippen molar-refractivity contribution in [2.24, 2.45) is 0 Å². The predicted octanol–water partition coefficient (Wildman–Crippen LogP) is 1.74. The molecule has 1 amide bonds. The van der Waals surface area contributed by atoms with Crippen LogP contribution in [0.3, 0.4) is 0 Å². The normalized spacial score (nSPS) is 22.2. The molecule has 1 aliphatic rings. The number of carbonyl (C=O) groups excluding carboxylic acids is 1. The molecule has 1 unspecified atom stereocenters. The lowest BCUT2D eigenvalue weighted by atomic mass is 9.90. The van der Waals surface area contributed by atoms with Gasteiger partial charge in [0, 0.05) is 18.2 Å². The Labute approximate surface area is 117 Å². The van der Waals surface area contributed by atoms with Crippen molar-refractivity contribution in [3.05, 3.63) is 39.9 Å². The summed E-state index contributed by atoms with van der Waals surface area (Å²) in [5, 5.41) is 16.9. The molecule has 0 saturated carbocycles. The zero-order valence-electron chi connectivity index (χ0n) is 11.5. The fourth-order valence-corrected chi connectivity index (χ4v) is 2.46. The standard InChI is InChI=1S/C14H19N3O3/c1-14(8-4-5-9-16-14)13(18)15-10-11-6-2-3-7-12(11)17(19)20/h2-3,6-7,16H,4-5,8-10H2,1H3,(H,15,18). The largest absolute Gasteiger partial charge is 0.350 e. The Morgan fingerprint density at radius 3 is 2.85 bits per heavy atom. The fraction of sp³-hybridized carbons (Fsp3) is 0.500.